The highest BCUT2D eigenvalue weighted by Crippen LogP contribution is 2.22. The van der Waals surface area contributed by atoms with Crippen LogP contribution in [-0.2, 0) is 13.0 Å². The standard InChI is InChI=1S/C23H19ClN2OS/c24-20-12-6-4-10-18(20)16-26-22(27)19-11-5-7-13-21(19)25-23(26)28-15-14-17-8-2-1-3-9-17/h1-13H,14-16H2. The second-order valence-electron chi connectivity index (χ2n) is 6.48. The zero-order chi connectivity index (χ0) is 19.3. The van der Waals surface area contributed by atoms with Crippen LogP contribution >= 0.6 is 23.4 Å². The van der Waals surface area contributed by atoms with Crippen LogP contribution in [0.2, 0.25) is 5.02 Å². The minimum absolute atomic E-state index is 0.0345. The second-order valence-corrected chi connectivity index (χ2v) is 7.95. The Morgan fingerprint density at radius 1 is 0.893 bits per heavy atom. The Morgan fingerprint density at radius 2 is 1.61 bits per heavy atom. The average molecular weight is 407 g/mol. The smallest absolute Gasteiger partial charge is 0.262 e. The van der Waals surface area contributed by atoms with E-state index in [0.29, 0.717) is 17.0 Å². The topological polar surface area (TPSA) is 34.9 Å². The van der Waals surface area contributed by atoms with Crippen LogP contribution in [0.5, 0.6) is 0 Å². The Hall–Kier alpha value is -2.56. The fourth-order valence-electron chi connectivity index (χ4n) is 3.10. The van der Waals surface area contributed by atoms with E-state index < -0.39 is 0 Å². The largest absolute Gasteiger partial charge is 0.283 e. The maximum absolute atomic E-state index is 13.2. The van der Waals surface area contributed by atoms with Crippen LogP contribution in [0.3, 0.4) is 0 Å². The number of para-hydroxylation sites is 1. The van der Waals surface area contributed by atoms with E-state index in [4.69, 9.17) is 16.6 Å². The molecule has 1 aromatic heterocycles. The first-order valence-electron chi connectivity index (χ1n) is 9.12. The summed E-state index contributed by atoms with van der Waals surface area (Å²) in [6, 6.07) is 25.4. The summed E-state index contributed by atoms with van der Waals surface area (Å²) >= 11 is 7.94. The van der Waals surface area contributed by atoms with Gasteiger partial charge in [-0.2, -0.15) is 0 Å². The van der Waals surface area contributed by atoms with E-state index in [1.165, 1.54) is 5.56 Å². The van der Waals surface area contributed by atoms with Crippen molar-refractivity contribution in [3.8, 4) is 0 Å². The highest BCUT2D eigenvalue weighted by atomic mass is 35.5. The molecular formula is C23H19ClN2OS. The number of rotatable bonds is 6. The quantitative estimate of drug-likeness (QED) is 0.316. The molecule has 0 fully saturated rings. The molecule has 0 unspecified atom stereocenters. The SMILES string of the molecule is O=c1c2ccccc2nc(SCCc2ccccc2)n1Cc1ccccc1Cl. The predicted molar refractivity (Wildman–Crippen MR) is 117 cm³/mol. The number of halogens is 1. The summed E-state index contributed by atoms with van der Waals surface area (Å²) < 4.78 is 1.74. The molecule has 1 heterocycles. The lowest BCUT2D eigenvalue weighted by atomic mass is 10.2. The summed E-state index contributed by atoms with van der Waals surface area (Å²) in [6.45, 7) is 0.407. The summed E-state index contributed by atoms with van der Waals surface area (Å²) in [6.07, 6.45) is 0.917. The van der Waals surface area contributed by atoms with Crippen molar-refractivity contribution >= 4 is 34.3 Å². The second kappa shape index (κ2) is 8.63. The molecule has 0 aliphatic heterocycles. The van der Waals surface area contributed by atoms with Gasteiger partial charge in [0.1, 0.15) is 0 Å². The molecule has 4 rings (SSSR count). The molecule has 0 saturated carbocycles. The van der Waals surface area contributed by atoms with Gasteiger partial charge < -0.3 is 0 Å². The highest BCUT2D eigenvalue weighted by molar-refractivity contribution is 7.99. The van der Waals surface area contributed by atoms with E-state index in [-0.39, 0.29) is 5.56 Å². The zero-order valence-corrected chi connectivity index (χ0v) is 16.8. The lowest BCUT2D eigenvalue weighted by Gasteiger charge is -2.14. The van der Waals surface area contributed by atoms with Crippen molar-refractivity contribution in [1.82, 2.24) is 9.55 Å². The molecule has 0 aliphatic rings. The van der Waals surface area contributed by atoms with Gasteiger partial charge in [0, 0.05) is 10.8 Å². The number of hydrogen-bond donors (Lipinski definition) is 0. The van der Waals surface area contributed by atoms with Crippen LogP contribution in [0.15, 0.2) is 88.8 Å². The predicted octanol–water partition coefficient (Wildman–Crippen LogP) is 5.43. The van der Waals surface area contributed by atoms with Crippen molar-refractivity contribution in [3.63, 3.8) is 0 Å². The molecule has 3 nitrogen and oxygen atoms in total. The fraction of sp³-hybridized carbons (Fsp3) is 0.130. The Labute approximate surface area is 173 Å². The van der Waals surface area contributed by atoms with Gasteiger partial charge in [0.15, 0.2) is 5.16 Å². The van der Waals surface area contributed by atoms with Crippen LogP contribution < -0.4 is 5.56 Å². The molecule has 0 aliphatic carbocycles. The Kier molecular flexibility index (Phi) is 5.79. The first-order chi connectivity index (χ1) is 13.7. The molecule has 0 spiro atoms. The number of nitrogens with zero attached hydrogens (tertiary/aromatic N) is 2. The minimum Gasteiger partial charge on any atom is -0.283 e. The van der Waals surface area contributed by atoms with Crippen LogP contribution in [0, 0.1) is 0 Å². The third-order valence-corrected chi connectivity index (χ3v) is 5.92. The van der Waals surface area contributed by atoms with Gasteiger partial charge in [0.05, 0.1) is 17.4 Å². The molecule has 0 saturated heterocycles. The van der Waals surface area contributed by atoms with Crippen LogP contribution in [0.25, 0.3) is 10.9 Å². The molecule has 0 N–H and O–H groups in total. The molecule has 4 aromatic rings. The van der Waals surface area contributed by atoms with Crippen molar-refractivity contribution in [2.45, 2.75) is 18.1 Å². The van der Waals surface area contributed by atoms with Gasteiger partial charge in [0.25, 0.3) is 5.56 Å². The Balaban J connectivity index is 1.69. The Morgan fingerprint density at radius 3 is 2.43 bits per heavy atom. The van der Waals surface area contributed by atoms with Crippen LogP contribution in [0.1, 0.15) is 11.1 Å². The van der Waals surface area contributed by atoms with E-state index in [1.54, 1.807) is 16.3 Å². The summed E-state index contributed by atoms with van der Waals surface area (Å²) in [7, 11) is 0. The Bertz CT molecular complexity index is 1160. The van der Waals surface area contributed by atoms with Gasteiger partial charge in [-0.15, -0.1) is 0 Å². The van der Waals surface area contributed by atoms with Crippen molar-refractivity contribution < 1.29 is 0 Å². The third-order valence-electron chi connectivity index (χ3n) is 4.58. The lowest BCUT2D eigenvalue weighted by Crippen LogP contribution is -2.24. The van der Waals surface area contributed by atoms with E-state index in [9.17, 15) is 4.79 Å². The van der Waals surface area contributed by atoms with Crippen LogP contribution in [-0.4, -0.2) is 15.3 Å². The first-order valence-corrected chi connectivity index (χ1v) is 10.5. The van der Waals surface area contributed by atoms with Gasteiger partial charge >= 0.3 is 0 Å². The molecule has 5 heteroatoms. The van der Waals surface area contributed by atoms with Crippen molar-refractivity contribution in [3.05, 3.63) is 105 Å². The summed E-state index contributed by atoms with van der Waals surface area (Å²) in [5, 5.41) is 2.00. The number of aromatic nitrogens is 2. The van der Waals surface area contributed by atoms with Crippen molar-refractivity contribution in [1.29, 1.82) is 0 Å². The molecule has 3 aromatic carbocycles. The zero-order valence-electron chi connectivity index (χ0n) is 15.2. The molecule has 0 amide bonds. The monoisotopic (exact) mass is 406 g/mol. The van der Waals surface area contributed by atoms with Crippen LogP contribution in [0.4, 0.5) is 0 Å². The molecule has 140 valence electrons. The summed E-state index contributed by atoms with van der Waals surface area (Å²) in [5.74, 6) is 0.845. The number of hydrogen-bond acceptors (Lipinski definition) is 3. The van der Waals surface area contributed by atoms with E-state index in [1.807, 2.05) is 66.7 Å². The third kappa shape index (κ3) is 4.13. The minimum atomic E-state index is -0.0345. The van der Waals surface area contributed by atoms with Crippen molar-refractivity contribution in [2.75, 3.05) is 5.75 Å². The number of benzene rings is 3. The number of fused-ring (bicyclic) bond motifs is 1. The molecule has 0 atom stereocenters. The number of aryl methyl sites for hydroxylation is 1. The molecule has 0 bridgehead atoms. The molecule has 0 radical (unpaired) electrons. The van der Waals surface area contributed by atoms with Gasteiger partial charge in [-0.05, 0) is 35.7 Å². The van der Waals surface area contributed by atoms with Gasteiger partial charge in [-0.25, -0.2) is 4.98 Å². The fourth-order valence-corrected chi connectivity index (χ4v) is 4.28. The average Bonchev–Trinajstić information content (AvgIpc) is 2.73. The highest BCUT2D eigenvalue weighted by Gasteiger charge is 2.13. The van der Waals surface area contributed by atoms with Gasteiger partial charge in [0.2, 0.25) is 0 Å². The summed E-state index contributed by atoms with van der Waals surface area (Å²) in [4.78, 5) is 17.9. The molecule has 28 heavy (non-hydrogen) atoms. The van der Waals surface area contributed by atoms with Gasteiger partial charge in [-0.1, -0.05) is 84.0 Å². The maximum atomic E-state index is 13.2. The van der Waals surface area contributed by atoms with E-state index >= 15 is 0 Å². The van der Waals surface area contributed by atoms with Crippen molar-refractivity contribution in [2.24, 2.45) is 0 Å². The normalized spacial score (nSPS) is 11.0. The molecular weight excluding hydrogens is 388 g/mol. The number of thioether (sulfide) groups is 1. The van der Waals surface area contributed by atoms with E-state index in [0.717, 1.165) is 28.4 Å². The first kappa shape index (κ1) is 18.8. The van der Waals surface area contributed by atoms with E-state index in [2.05, 4.69) is 12.1 Å². The lowest BCUT2D eigenvalue weighted by molar-refractivity contribution is 0.658. The maximum Gasteiger partial charge on any atom is 0.262 e. The summed E-state index contributed by atoms with van der Waals surface area (Å²) in [5.41, 5.74) is 2.88. The van der Waals surface area contributed by atoms with Gasteiger partial charge in [-0.3, -0.25) is 9.36 Å².